The number of nitrogens with one attached hydrogen (secondary N) is 2. The molecule has 23 heavy (non-hydrogen) atoms. The zero-order valence-electron chi connectivity index (χ0n) is 13.4. The molecule has 2 atom stereocenters. The first kappa shape index (κ1) is 16.0. The Morgan fingerprint density at radius 3 is 2.43 bits per heavy atom. The van der Waals surface area contributed by atoms with Gasteiger partial charge in [0.25, 0.3) is 0 Å². The molecule has 0 bridgehead atoms. The van der Waals surface area contributed by atoms with Crippen LogP contribution in [0.3, 0.4) is 0 Å². The van der Waals surface area contributed by atoms with Gasteiger partial charge in [-0.15, -0.1) is 0 Å². The normalized spacial score (nSPS) is 24.5. The topological polar surface area (TPSA) is 64.7 Å². The molecule has 7 heteroatoms. The lowest BCUT2D eigenvalue weighted by Crippen LogP contribution is -2.46. The molecule has 0 aromatic heterocycles. The summed E-state index contributed by atoms with van der Waals surface area (Å²) < 4.78 is 0. The highest BCUT2D eigenvalue weighted by Crippen LogP contribution is 2.25. The van der Waals surface area contributed by atoms with Crippen molar-refractivity contribution in [1.82, 2.24) is 10.2 Å². The zero-order valence-corrected chi connectivity index (χ0v) is 14.2. The van der Waals surface area contributed by atoms with Crippen LogP contribution < -0.4 is 15.5 Å². The fourth-order valence-corrected chi connectivity index (χ4v) is 4.31. The minimum Gasteiger partial charge on any atom is -0.336 e. The van der Waals surface area contributed by atoms with E-state index in [0.29, 0.717) is 23.6 Å². The van der Waals surface area contributed by atoms with E-state index in [1.807, 2.05) is 40.9 Å². The van der Waals surface area contributed by atoms with Gasteiger partial charge >= 0.3 is 12.1 Å². The second-order valence-corrected chi connectivity index (χ2v) is 7.90. The van der Waals surface area contributed by atoms with E-state index in [4.69, 9.17) is 0 Å². The molecule has 2 fully saturated rings. The van der Waals surface area contributed by atoms with Gasteiger partial charge in [-0.3, -0.25) is 4.90 Å². The average Bonchev–Trinajstić information content (AvgIpc) is 2.93. The van der Waals surface area contributed by atoms with Gasteiger partial charge in [-0.2, -0.15) is 11.8 Å². The Labute approximate surface area is 140 Å². The lowest BCUT2D eigenvalue weighted by atomic mass is 10.2. The van der Waals surface area contributed by atoms with Crippen LogP contribution in [0.1, 0.15) is 13.8 Å². The average molecular weight is 334 g/mol. The first-order valence-corrected chi connectivity index (χ1v) is 8.84. The summed E-state index contributed by atoms with van der Waals surface area (Å²) in [4.78, 5) is 27.6. The van der Waals surface area contributed by atoms with E-state index in [1.54, 1.807) is 4.90 Å². The maximum absolute atomic E-state index is 12.4. The Balaban J connectivity index is 1.61. The highest BCUT2D eigenvalue weighted by molar-refractivity contribution is 8.00. The number of carbonyl (C=O) groups is 2. The Kier molecular flexibility index (Phi) is 4.66. The van der Waals surface area contributed by atoms with Crippen molar-refractivity contribution < 1.29 is 9.59 Å². The van der Waals surface area contributed by atoms with Gasteiger partial charge in [-0.1, -0.05) is 13.8 Å². The molecule has 1 aromatic rings. The molecule has 4 amide bonds. The van der Waals surface area contributed by atoms with Crippen LogP contribution in [0.5, 0.6) is 0 Å². The van der Waals surface area contributed by atoms with Crippen LogP contribution in [0.15, 0.2) is 24.3 Å². The second kappa shape index (κ2) is 6.70. The minimum atomic E-state index is -0.0735. The molecule has 0 saturated carbocycles. The van der Waals surface area contributed by atoms with Crippen molar-refractivity contribution in [3.05, 3.63) is 24.3 Å². The first-order chi connectivity index (χ1) is 11.0. The number of nitrogens with zero attached hydrogens (tertiary/aromatic N) is 2. The summed E-state index contributed by atoms with van der Waals surface area (Å²) in [5, 5.41) is 6.63. The van der Waals surface area contributed by atoms with E-state index in [2.05, 4.69) is 24.5 Å². The van der Waals surface area contributed by atoms with Crippen molar-refractivity contribution in [3.63, 3.8) is 0 Å². The molecule has 0 spiro atoms. The molecular weight excluding hydrogens is 312 g/mol. The molecule has 2 heterocycles. The summed E-state index contributed by atoms with van der Waals surface area (Å²) in [7, 11) is 0. The minimum absolute atomic E-state index is 0.0596. The van der Waals surface area contributed by atoms with Crippen molar-refractivity contribution in [1.29, 1.82) is 0 Å². The highest BCUT2D eigenvalue weighted by Gasteiger charge is 2.26. The summed E-state index contributed by atoms with van der Waals surface area (Å²) in [5.41, 5.74) is 1.59. The molecule has 2 unspecified atom stereocenters. The van der Waals surface area contributed by atoms with Gasteiger partial charge in [0.15, 0.2) is 0 Å². The number of hydrogen-bond acceptors (Lipinski definition) is 3. The smallest absolute Gasteiger partial charge is 0.321 e. The first-order valence-electron chi connectivity index (χ1n) is 7.90. The fourth-order valence-electron chi connectivity index (χ4n) is 2.99. The number of benzene rings is 1. The van der Waals surface area contributed by atoms with E-state index in [1.165, 1.54) is 0 Å². The molecule has 2 aliphatic heterocycles. The van der Waals surface area contributed by atoms with Gasteiger partial charge in [-0.25, -0.2) is 9.59 Å². The van der Waals surface area contributed by atoms with E-state index >= 15 is 0 Å². The lowest BCUT2D eigenvalue weighted by Gasteiger charge is -2.34. The fraction of sp³-hybridized carbons (Fsp3) is 0.500. The van der Waals surface area contributed by atoms with Crippen molar-refractivity contribution in [2.24, 2.45) is 0 Å². The Morgan fingerprint density at radius 1 is 1.22 bits per heavy atom. The predicted molar refractivity (Wildman–Crippen MR) is 94.3 cm³/mol. The van der Waals surface area contributed by atoms with E-state index in [-0.39, 0.29) is 12.1 Å². The van der Waals surface area contributed by atoms with Crippen LogP contribution in [0.4, 0.5) is 21.0 Å². The SMILES string of the molecule is CC1CN(C(=O)Nc2ccc(N3CCNC3=O)cc2)CC(C)S1. The Bertz CT molecular complexity index is 582. The van der Waals surface area contributed by atoms with Gasteiger partial charge in [0, 0.05) is 48.1 Å². The van der Waals surface area contributed by atoms with Crippen LogP contribution in [-0.2, 0) is 0 Å². The Hall–Kier alpha value is -1.89. The number of rotatable bonds is 2. The number of urea groups is 2. The van der Waals surface area contributed by atoms with Gasteiger partial charge < -0.3 is 15.5 Å². The molecule has 0 radical (unpaired) electrons. The van der Waals surface area contributed by atoms with Gasteiger partial charge in [0.2, 0.25) is 0 Å². The lowest BCUT2D eigenvalue weighted by molar-refractivity contribution is 0.211. The largest absolute Gasteiger partial charge is 0.336 e. The quantitative estimate of drug-likeness (QED) is 0.874. The molecular formula is C16H22N4O2S. The summed E-state index contributed by atoms with van der Waals surface area (Å²) in [6, 6.07) is 7.26. The van der Waals surface area contributed by atoms with Crippen molar-refractivity contribution in [3.8, 4) is 0 Å². The maximum Gasteiger partial charge on any atom is 0.321 e. The molecule has 2 saturated heterocycles. The number of anilines is 2. The number of hydrogen-bond donors (Lipinski definition) is 2. The van der Waals surface area contributed by atoms with E-state index in [9.17, 15) is 9.59 Å². The third-order valence-electron chi connectivity index (χ3n) is 3.99. The molecule has 6 nitrogen and oxygen atoms in total. The van der Waals surface area contributed by atoms with Crippen LogP contribution in [-0.4, -0.2) is 53.6 Å². The summed E-state index contributed by atoms with van der Waals surface area (Å²) >= 11 is 1.92. The zero-order chi connectivity index (χ0) is 16.4. The number of thioether (sulfide) groups is 1. The van der Waals surface area contributed by atoms with Crippen LogP contribution in [0.25, 0.3) is 0 Å². The van der Waals surface area contributed by atoms with Crippen LogP contribution >= 0.6 is 11.8 Å². The van der Waals surface area contributed by atoms with Gasteiger partial charge in [0.05, 0.1) is 0 Å². The monoisotopic (exact) mass is 334 g/mol. The number of amides is 4. The second-order valence-electron chi connectivity index (χ2n) is 6.02. The third kappa shape index (κ3) is 3.72. The van der Waals surface area contributed by atoms with Crippen LogP contribution in [0, 0.1) is 0 Å². The van der Waals surface area contributed by atoms with Crippen molar-refractivity contribution in [2.75, 3.05) is 36.4 Å². The van der Waals surface area contributed by atoms with Gasteiger partial charge in [-0.05, 0) is 24.3 Å². The van der Waals surface area contributed by atoms with Crippen molar-refractivity contribution >= 4 is 35.2 Å². The van der Waals surface area contributed by atoms with Crippen LogP contribution in [0.2, 0.25) is 0 Å². The Morgan fingerprint density at radius 2 is 1.87 bits per heavy atom. The van der Waals surface area contributed by atoms with Gasteiger partial charge in [0.1, 0.15) is 0 Å². The highest BCUT2D eigenvalue weighted by atomic mass is 32.2. The van der Waals surface area contributed by atoms with E-state index in [0.717, 1.165) is 24.5 Å². The van der Waals surface area contributed by atoms with E-state index < -0.39 is 0 Å². The predicted octanol–water partition coefficient (Wildman–Crippen LogP) is 2.57. The molecule has 1 aromatic carbocycles. The third-order valence-corrected chi connectivity index (χ3v) is 5.22. The molecule has 3 rings (SSSR count). The summed E-state index contributed by atoms with van der Waals surface area (Å²) in [5.74, 6) is 0. The maximum atomic E-state index is 12.4. The summed E-state index contributed by atoms with van der Waals surface area (Å²) in [6.07, 6.45) is 0. The molecule has 2 N–H and O–H groups in total. The summed E-state index contributed by atoms with van der Waals surface area (Å²) in [6.45, 7) is 7.18. The number of carbonyl (C=O) groups excluding carboxylic acids is 2. The van der Waals surface area contributed by atoms with Crippen molar-refractivity contribution in [2.45, 2.75) is 24.3 Å². The molecule has 124 valence electrons. The molecule has 0 aliphatic carbocycles. The molecule has 2 aliphatic rings. The standard InChI is InChI=1S/C16H22N4O2S/c1-11-9-19(10-12(2)23-11)16(22)18-13-3-5-14(6-4-13)20-8-7-17-15(20)21/h3-6,11-12H,7-10H2,1-2H3,(H,17,21)(H,18,22).